The van der Waals surface area contributed by atoms with Crippen molar-refractivity contribution in [2.45, 2.75) is 20.8 Å². The number of aryl methyl sites for hydroxylation is 2. The second-order valence-electron chi connectivity index (χ2n) is 8.39. The third-order valence-corrected chi connectivity index (χ3v) is 5.53. The van der Waals surface area contributed by atoms with Gasteiger partial charge in [0, 0.05) is 25.3 Å². The van der Waals surface area contributed by atoms with Gasteiger partial charge in [-0.1, -0.05) is 24.3 Å². The maximum Gasteiger partial charge on any atom is 0.309 e. The molecule has 184 valence electrons. The van der Waals surface area contributed by atoms with Gasteiger partial charge in [0.2, 0.25) is 11.8 Å². The zero-order valence-corrected chi connectivity index (χ0v) is 20.5. The molecule has 0 atom stereocenters. The van der Waals surface area contributed by atoms with E-state index in [0.717, 1.165) is 16.8 Å². The van der Waals surface area contributed by atoms with E-state index in [9.17, 15) is 14.0 Å². The first-order valence-corrected chi connectivity index (χ1v) is 11.3. The van der Waals surface area contributed by atoms with Crippen LogP contribution in [0.5, 0.6) is 5.88 Å². The van der Waals surface area contributed by atoms with Gasteiger partial charge in [-0.05, 0) is 73.0 Å². The van der Waals surface area contributed by atoms with E-state index in [1.165, 1.54) is 26.2 Å². The Morgan fingerprint density at radius 1 is 0.972 bits per heavy atom. The Morgan fingerprint density at radius 2 is 1.64 bits per heavy atom. The second-order valence-corrected chi connectivity index (χ2v) is 8.39. The lowest BCUT2D eigenvalue weighted by Gasteiger charge is -2.12. The van der Waals surface area contributed by atoms with Crippen molar-refractivity contribution in [3.8, 4) is 34.0 Å². The molecular weight excluding hydrogens is 461 g/mol. The number of rotatable bonds is 7. The summed E-state index contributed by atoms with van der Waals surface area (Å²) in [6.45, 7) is 5.19. The Morgan fingerprint density at radius 3 is 2.28 bits per heavy atom. The van der Waals surface area contributed by atoms with E-state index in [1.807, 2.05) is 32.0 Å². The minimum atomic E-state index is -0.503. The van der Waals surface area contributed by atoms with Crippen molar-refractivity contribution in [3.05, 3.63) is 83.7 Å². The number of hydrogen-bond acceptors (Lipinski definition) is 5. The number of halogens is 1. The molecule has 1 amide bonds. The van der Waals surface area contributed by atoms with Crippen LogP contribution in [0.25, 0.3) is 28.1 Å². The number of amides is 1. The number of anilines is 1. The fourth-order valence-electron chi connectivity index (χ4n) is 3.86. The lowest BCUT2D eigenvalue weighted by molar-refractivity contribution is -0.132. The molecule has 0 spiro atoms. The van der Waals surface area contributed by atoms with Gasteiger partial charge in [0.05, 0.1) is 11.3 Å². The van der Waals surface area contributed by atoms with Crippen LogP contribution in [0.2, 0.25) is 0 Å². The number of esters is 1. The molecular formula is C28H26FN3O4. The lowest BCUT2D eigenvalue weighted by Crippen LogP contribution is -2.16. The molecule has 7 nitrogen and oxygen atoms in total. The topological polar surface area (TPSA) is 82.4 Å². The molecule has 1 heterocycles. The molecule has 3 aromatic carbocycles. The van der Waals surface area contributed by atoms with Crippen LogP contribution in [-0.2, 0) is 14.3 Å². The van der Waals surface area contributed by atoms with E-state index < -0.39 is 5.97 Å². The number of aromatic nitrogens is 2. The monoisotopic (exact) mass is 487 g/mol. The minimum absolute atomic E-state index is 0.0598. The second kappa shape index (κ2) is 10.5. The van der Waals surface area contributed by atoms with E-state index in [-0.39, 0.29) is 24.2 Å². The summed E-state index contributed by atoms with van der Waals surface area (Å²) < 4.78 is 25.9. The predicted octanol–water partition coefficient (Wildman–Crippen LogP) is 5.47. The van der Waals surface area contributed by atoms with Crippen LogP contribution in [0.4, 0.5) is 10.1 Å². The summed E-state index contributed by atoms with van der Waals surface area (Å²) in [5.41, 5.74) is 5.72. The molecule has 0 bridgehead atoms. The van der Waals surface area contributed by atoms with Crippen molar-refractivity contribution in [1.82, 2.24) is 9.78 Å². The molecule has 0 aliphatic carbocycles. The minimum Gasteiger partial charge on any atom is -0.407 e. The van der Waals surface area contributed by atoms with Crippen LogP contribution < -0.4 is 10.1 Å². The molecule has 0 aliphatic rings. The summed E-state index contributed by atoms with van der Waals surface area (Å²) in [5, 5.41) is 7.59. The van der Waals surface area contributed by atoms with E-state index in [0.29, 0.717) is 28.1 Å². The number of methoxy groups -OCH3 is 1. The van der Waals surface area contributed by atoms with Crippen molar-refractivity contribution < 1.29 is 23.5 Å². The molecule has 0 unspecified atom stereocenters. The highest BCUT2D eigenvalue weighted by Gasteiger charge is 2.25. The summed E-state index contributed by atoms with van der Waals surface area (Å²) in [6, 6.07) is 19.0. The van der Waals surface area contributed by atoms with E-state index in [1.54, 1.807) is 41.1 Å². The predicted molar refractivity (Wildman–Crippen MR) is 136 cm³/mol. The zero-order chi connectivity index (χ0) is 25.8. The largest absolute Gasteiger partial charge is 0.407 e. The maximum absolute atomic E-state index is 13.7. The van der Waals surface area contributed by atoms with E-state index in [4.69, 9.17) is 14.6 Å². The average Bonchev–Trinajstić information content (AvgIpc) is 3.20. The van der Waals surface area contributed by atoms with Crippen molar-refractivity contribution in [2.75, 3.05) is 19.0 Å². The van der Waals surface area contributed by atoms with Crippen molar-refractivity contribution in [3.63, 3.8) is 0 Å². The molecule has 36 heavy (non-hydrogen) atoms. The molecule has 1 N–H and O–H groups in total. The number of hydrogen-bond donors (Lipinski definition) is 1. The van der Waals surface area contributed by atoms with Gasteiger partial charge in [0.1, 0.15) is 18.1 Å². The summed E-state index contributed by atoms with van der Waals surface area (Å²) in [6.07, 6.45) is 0. The van der Waals surface area contributed by atoms with Gasteiger partial charge in [0.15, 0.2) is 0 Å². The molecule has 8 heteroatoms. The lowest BCUT2D eigenvalue weighted by atomic mass is 10.0. The number of benzene rings is 3. The zero-order valence-electron chi connectivity index (χ0n) is 20.5. The first kappa shape index (κ1) is 24.8. The molecule has 0 fully saturated rings. The standard InChI is InChI=1S/C28H26FN3O4/c1-17-5-6-18(2)24(15-17)32-28(36-19(3)33)26(27(31-32)21-7-11-22(29)12-8-21)20-9-13-23(14-10-20)30-25(34)16-35-4/h5-15H,16H2,1-4H3,(H,30,34). The van der Waals surface area contributed by atoms with Gasteiger partial charge in [-0.15, -0.1) is 0 Å². The van der Waals surface area contributed by atoms with Crippen molar-refractivity contribution in [2.24, 2.45) is 0 Å². The van der Waals surface area contributed by atoms with Crippen molar-refractivity contribution >= 4 is 17.6 Å². The van der Waals surface area contributed by atoms with Gasteiger partial charge in [-0.3, -0.25) is 9.59 Å². The summed E-state index contributed by atoms with van der Waals surface area (Å²) in [4.78, 5) is 24.1. The van der Waals surface area contributed by atoms with Crippen LogP contribution in [0, 0.1) is 19.7 Å². The van der Waals surface area contributed by atoms with Gasteiger partial charge in [0.25, 0.3) is 0 Å². The quantitative estimate of drug-likeness (QED) is 0.350. The maximum atomic E-state index is 13.7. The Kier molecular flexibility index (Phi) is 7.26. The van der Waals surface area contributed by atoms with Crippen molar-refractivity contribution in [1.29, 1.82) is 0 Å². The van der Waals surface area contributed by atoms with Crippen LogP contribution >= 0.6 is 0 Å². The highest BCUT2D eigenvalue weighted by molar-refractivity contribution is 5.93. The Balaban J connectivity index is 1.93. The van der Waals surface area contributed by atoms with Gasteiger partial charge < -0.3 is 14.8 Å². The van der Waals surface area contributed by atoms with E-state index in [2.05, 4.69) is 5.32 Å². The number of carbonyl (C=O) groups excluding carboxylic acids is 2. The molecule has 1 aromatic heterocycles. The fraction of sp³-hybridized carbons (Fsp3) is 0.179. The Labute approximate surface area is 208 Å². The molecule has 0 saturated carbocycles. The molecule has 4 rings (SSSR count). The van der Waals surface area contributed by atoms with Gasteiger partial charge >= 0.3 is 5.97 Å². The Bertz CT molecular complexity index is 1410. The first-order chi connectivity index (χ1) is 17.3. The SMILES string of the molecule is COCC(=O)Nc1ccc(-c2c(-c3ccc(F)cc3)nn(-c3cc(C)ccc3C)c2OC(C)=O)cc1. The first-order valence-electron chi connectivity index (χ1n) is 11.3. The normalized spacial score (nSPS) is 10.8. The smallest absolute Gasteiger partial charge is 0.309 e. The van der Waals surface area contributed by atoms with E-state index >= 15 is 0 Å². The highest BCUT2D eigenvalue weighted by atomic mass is 19.1. The number of carbonyl (C=O) groups is 2. The highest BCUT2D eigenvalue weighted by Crippen LogP contribution is 2.41. The van der Waals surface area contributed by atoms with Gasteiger partial charge in [-0.25, -0.2) is 4.39 Å². The summed E-state index contributed by atoms with van der Waals surface area (Å²) in [7, 11) is 1.45. The number of nitrogens with zero attached hydrogens (tertiary/aromatic N) is 2. The van der Waals surface area contributed by atoms with Gasteiger partial charge in [-0.2, -0.15) is 9.78 Å². The van der Waals surface area contributed by atoms with Crippen LogP contribution in [0.1, 0.15) is 18.1 Å². The van der Waals surface area contributed by atoms with Crippen LogP contribution in [0.3, 0.4) is 0 Å². The third-order valence-electron chi connectivity index (χ3n) is 5.53. The van der Waals surface area contributed by atoms with Crippen LogP contribution in [-0.4, -0.2) is 35.4 Å². The Hall–Kier alpha value is -4.30. The van der Waals surface area contributed by atoms with Crippen LogP contribution in [0.15, 0.2) is 66.7 Å². The molecule has 4 aromatic rings. The fourth-order valence-corrected chi connectivity index (χ4v) is 3.86. The molecule has 0 saturated heterocycles. The molecule has 0 radical (unpaired) electrons. The molecule has 0 aliphatic heterocycles. The summed E-state index contributed by atoms with van der Waals surface area (Å²) >= 11 is 0. The summed E-state index contributed by atoms with van der Waals surface area (Å²) in [5.74, 6) is -0.908. The average molecular weight is 488 g/mol. The number of ether oxygens (including phenoxy) is 2. The number of nitrogens with one attached hydrogen (secondary N) is 1. The third kappa shape index (κ3) is 5.34.